The van der Waals surface area contributed by atoms with Crippen LogP contribution in [0.3, 0.4) is 0 Å². The number of morpholine rings is 1. The topological polar surface area (TPSA) is 96.6 Å². The molecule has 2 saturated heterocycles. The van der Waals surface area contributed by atoms with Crippen LogP contribution in [0.5, 0.6) is 0 Å². The summed E-state index contributed by atoms with van der Waals surface area (Å²) in [5.74, 6) is 2.54. The van der Waals surface area contributed by atoms with Gasteiger partial charge in [-0.25, -0.2) is 4.98 Å². The number of aryl methyl sites for hydroxylation is 2. The summed E-state index contributed by atoms with van der Waals surface area (Å²) in [5, 5.41) is 7.95. The van der Waals surface area contributed by atoms with Crippen molar-refractivity contribution in [2.24, 2.45) is 5.92 Å². The van der Waals surface area contributed by atoms with Crippen molar-refractivity contribution in [3.8, 4) is 11.1 Å². The van der Waals surface area contributed by atoms with Crippen LogP contribution in [0.1, 0.15) is 35.9 Å². The maximum atomic E-state index is 12.2. The zero-order valence-corrected chi connectivity index (χ0v) is 22.7. The van der Waals surface area contributed by atoms with Gasteiger partial charge in [-0.3, -0.25) is 4.79 Å². The number of anilines is 2. The summed E-state index contributed by atoms with van der Waals surface area (Å²) in [7, 11) is 1.70. The highest BCUT2D eigenvalue weighted by Crippen LogP contribution is 2.38. The lowest BCUT2D eigenvalue weighted by atomic mass is 9.96. The van der Waals surface area contributed by atoms with Gasteiger partial charge >= 0.3 is 0 Å². The van der Waals surface area contributed by atoms with E-state index in [1.165, 1.54) is 5.56 Å². The van der Waals surface area contributed by atoms with Gasteiger partial charge in [-0.15, -0.1) is 0 Å². The molecule has 202 valence electrons. The molecule has 0 bridgehead atoms. The standard InChI is InChI=1S/C30H34N6O3/c1-19-27(20(2)39-34-19)23-9-10-25-24(17-23)28(36-15-16-38-18-26(36)21-7-5-4-6-8-21)33-30(32-25)35-13-11-22(12-14-35)29(37)31-3/h4-10,17,22,26H,11-16,18H2,1-3H3,(H,31,37). The van der Waals surface area contributed by atoms with E-state index < -0.39 is 0 Å². The van der Waals surface area contributed by atoms with Crippen LogP contribution in [0.2, 0.25) is 0 Å². The van der Waals surface area contributed by atoms with Crippen molar-refractivity contribution in [3.05, 3.63) is 65.5 Å². The first-order valence-corrected chi connectivity index (χ1v) is 13.6. The summed E-state index contributed by atoms with van der Waals surface area (Å²) in [6, 6.07) is 16.8. The molecule has 2 fully saturated rings. The molecular weight excluding hydrogens is 492 g/mol. The molecular formula is C30H34N6O3. The highest BCUT2D eigenvalue weighted by Gasteiger charge is 2.30. The van der Waals surface area contributed by atoms with E-state index in [1.807, 2.05) is 19.9 Å². The second kappa shape index (κ2) is 10.6. The number of piperidine rings is 1. The summed E-state index contributed by atoms with van der Waals surface area (Å²) >= 11 is 0. The van der Waals surface area contributed by atoms with Crippen LogP contribution >= 0.6 is 0 Å². The first-order chi connectivity index (χ1) is 19.0. The number of nitrogens with zero attached hydrogens (tertiary/aromatic N) is 5. The Morgan fingerprint density at radius 3 is 2.54 bits per heavy atom. The van der Waals surface area contributed by atoms with Gasteiger partial charge < -0.3 is 24.4 Å². The van der Waals surface area contributed by atoms with Crippen molar-refractivity contribution in [2.75, 3.05) is 49.7 Å². The van der Waals surface area contributed by atoms with Gasteiger partial charge in [0.15, 0.2) is 0 Å². The second-order valence-corrected chi connectivity index (χ2v) is 10.3. The van der Waals surface area contributed by atoms with Crippen molar-refractivity contribution in [1.82, 2.24) is 20.4 Å². The molecule has 4 heterocycles. The number of carbonyl (C=O) groups is 1. The van der Waals surface area contributed by atoms with Crippen molar-refractivity contribution in [1.29, 1.82) is 0 Å². The van der Waals surface area contributed by atoms with Gasteiger partial charge in [0.05, 0.1) is 30.5 Å². The van der Waals surface area contributed by atoms with E-state index in [1.54, 1.807) is 7.05 Å². The number of carbonyl (C=O) groups excluding carboxylic acids is 1. The fourth-order valence-electron chi connectivity index (χ4n) is 5.87. The molecule has 1 N–H and O–H groups in total. The van der Waals surface area contributed by atoms with Crippen molar-refractivity contribution in [3.63, 3.8) is 0 Å². The molecule has 2 aromatic heterocycles. The van der Waals surface area contributed by atoms with Crippen LogP contribution in [-0.2, 0) is 9.53 Å². The van der Waals surface area contributed by atoms with Gasteiger partial charge in [-0.1, -0.05) is 41.6 Å². The molecule has 0 spiro atoms. The molecule has 1 amide bonds. The number of ether oxygens (including phenoxy) is 1. The summed E-state index contributed by atoms with van der Waals surface area (Å²) in [6.45, 7) is 7.33. The van der Waals surface area contributed by atoms with Gasteiger partial charge in [0, 0.05) is 43.5 Å². The van der Waals surface area contributed by atoms with Crippen LogP contribution < -0.4 is 15.1 Å². The van der Waals surface area contributed by atoms with Gasteiger partial charge in [-0.2, -0.15) is 4.98 Å². The number of hydrogen-bond donors (Lipinski definition) is 1. The van der Waals surface area contributed by atoms with Gasteiger partial charge in [-0.05, 0) is 49.9 Å². The molecule has 2 aliphatic heterocycles. The Morgan fingerprint density at radius 2 is 1.82 bits per heavy atom. The molecule has 2 aromatic carbocycles. The fourth-order valence-corrected chi connectivity index (χ4v) is 5.87. The molecule has 4 aromatic rings. The van der Waals surface area contributed by atoms with Crippen LogP contribution in [0.4, 0.5) is 11.8 Å². The smallest absolute Gasteiger partial charge is 0.227 e. The number of benzene rings is 2. The third-order valence-electron chi connectivity index (χ3n) is 7.97. The molecule has 6 rings (SSSR count). The quantitative estimate of drug-likeness (QED) is 0.408. The minimum atomic E-state index is 0.0329. The molecule has 0 aliphatic carbocycles. The van der Waals surface area contributed by atoms with E-state index in [4.69, 9.17) is 19.2 Å². The first kappa shape index (κ1) is 25.3. The summed E-state index contributed by atoms with van der Waals surface area (Å²) in [6.07, 6.45) is 1.57. The van der Waals surface area contributed by atoms with Gasteiger partial charge in [0.25, 0.3) is 0 Å². The molecule has 9 heteroatoms. The van der Waals surface area contributed by atoms with E-state index in [0.29, 0.717) is 19.2 Å². The summed E-state index contributed by atoms with van der Waals surface area (Å²) < 4.78 is 11.4. The Kier molecular flexibility index (Phi) is 6.91. The second-order valence-electron chi connectivity index (χ2n) is 10.3. The van der Waals surface area contributed by atoms with Gasteiger partial charge in [0.2, 0.25) is 11.9 Å². The SMILES string of the molecule is CNC(=O)C1CCN(c2nc(N3CCOCC3c3ccccc3)c3cc(-c4c(C)noc4C)ccc3n2)CC1. The molecule has 0 radical (unpaired) electrons. The minimum absolute atomic E-state index is 0.0329. The zero-order chi connectivity index (χ0) is 26.9. The first-order valence-electron chi connectivity index (χ1n) is 13.6. The number of rotatable bonds is 5. The largest absolute Gasteiger partial charge is 0.377 e. The molecule has 1 unspecified atom stereocenters. The number of fused-ring (bicyclic) bond motifs is 1. The normalized spacial score (nSPS) is 18.5. The minimum Gasteiger partial charge on any atom is -0.377 e. The highest BCUT2D eigenvalue weighted by atomic mass is 16.5. The lowest BCUT2D eigenvalue weighted by Gasteiger charge is -2.38. The fraction of sp³-hybridized carbons (Fsp3) is 0.400. The average molecular weight is 527 g/mol. The Morgan fingerprint density at radius 1 is 1.03 bits per heavy atom. The van der Waals surface area contributed by atoms with Crippen molar-refractivity contribution < 1.29 is 14.1 Å². The average Bonchev–Trinajstić information content (AvgIpc) is 3.33. The summed E-state index contributed by atoms with van der Waals surface area (Å²) in [4.78, 5) is 27.0. The molecule has 0 saturated carbocycles. The van der Waals surface area contributed by atoms with Crippen LogP contribution in [0.25, 0.3) is 22.0 Å². The van der Waals surface area contributed by atoms with Gasteiger partial charge in [0.1, 0.15) is 11.6 Å². The molecule has 1 atom stereocenters. The van der Waals surface area contributed by atoms with Crippen molar-refractivity contribution >= 4 is 28.6 Å². The number of aromatic nitrogens is 3. The lowest BCUT2D eigenvalue weighted by molar-refractivity contribution is -0.125. The molecule has 2 aliphatic rings. The Balaban J connectivity index is 1.46. The van der Waals surface area contributed by atoms with E-state index in [2.05, 4.69) is 62.7 Å². The third-order valence-corrected chi connectivity index (χ3v) is 7.97. The van der Waals surface area contributed by atoms with E-state index in [-0.39, 0.29) is 17.9 Å². The zero-order valence-electron chi connectivity index (χ0n) is 22.7. The highest BCUT2D eigenvalue weighted by molar-refractivity contribution is 5.94. The maximum absolute atomic E-state index is 12.2. The number of nitrogens with one attached hydrogen (secondary N) is 1. The lowest BCUT2D eigenvalue weighted by Crippen LogP contribution is -2.42. The number of amides is 1. The maximum Gasteiger partial charge on any atom is 0.227 e. The van der Waals surface area contributed by atoms with Crippen LogP contribution in [-0.4, -0.2) is 60.9 Å². The monoisotopic (exact) mass is 526 g/mol. The predicted molar refractivity (Wildman–Crippen MR) is 151 cm³/mol. The summed E-state index contributed by atoms with van der Waals surface area (Å²) in [5.41, 5.74) is 4.98. The van der Waals surface area contributed by atoms with Crippen LogP contribution in [0.15, 0.2) is 53.1 Å². The number of hydrogen-bond acceptors (Lipinski definition) is 8. The Bertz CT molecular complexity index is 1460. The van der Waals surface area contributed by atoms with Crippen molar-refractivity contribution in [2.45, 2.75) is 32.7 Å². The van der Waals surface area contributed by atoms with E-state index >= 15 is 0 Å². The molecule has 39 heavy (non-hydrogen) atoms. The van der Waals surface area contributed by atoms with E-state index in [0.717, 1.165) is 71.8 Å². The van der Waals surface area contributed by atoms with Crippen LogP contribution in [0, 0.1) is 19.8 Å². The Hall–Kier alpha value is -3.98. The Labute approximate surface area is 228 Å². The van der Waals surface area contributed by atoms with E-state index in [9.17, 15) is 4.79 Å². The third kappa shape index (κ3) is 4.83. The predicted octanol–water partition coefficient (Wildman–Crippen LogP) is 4.44. The molecule has 9 nitrogen and oxygen atoms in total.